The number of hydrogen-bond acceptors (Lipinski definition) is 7. The normalized spacial score (nSPS) is 20.6. The maximum absolute atomic E-state index is 12.7. The molecule has 2 amide bonds. The third kappa shape index (κ3) is 3.92. The van der Waals surface area contributed by atoms with Crippen LogP contribution in [0.5, 0.6) is 5.88 Å². The summed E-state index contributed by atoms with van der Waals surface area (Å²) in [5.41, 5.74) is 1.88. The van der Waals surface area contributed by atoms with Crippen molar-refractivity contribution in [3.8, 4) is 5.88 Å². The van der Waals surface area contributed by atoms with Crippen LogP contribution in [0.25, 0.3) is 10.2 Å². The molecule has 0 radical (unpaired) electrons. The lowest BCUT2D eigenvalue weighted by molar-refractivity contribution is 0.0855. The average molecular weight is 407 g/mol. The Labute approximate surface area is 168 Å². The topological polar surface area (TPSA) is 85.8 Å². The van der Waals surface area contributed by atoms with Crippen molar-refractivity contribution in [3.05, 3.63) is 11.8 Å². The maximum atomic E-state index is 12.7. The molecule has 4 heterocycles. The Morgan fingerprint density at radius 1 is 1.36 bits per heavy atom. The molecule has 28 heavy (non-hydrogen) atoms. The summed E-state index contributed by atoms with van der Waals surface area (Å²) in [6, 6.07) is -0.114. The number of fused-ring (bicyclic) bond motifs is 1. The Hall–Kier alpha value is -1.97. The first-order valence-electron chi connectivity index (χ1n) is 9.65. The van der Waals surface area contributed by atoms with E-state index in [0.29, 0.717) is 41.5 Å². The number of nitrogens with zero attached hydrogens (tertiary/aromatic N) is 3. The molecule has 1 atom stereocenters. The summed E-state index contributed by atoms with van der Waals surface area (Å²) in [7, 11) is 3.29. The number of methoxy groups -OCH3 is 2. The number of rotatable bonds is 5. The number of carbonyl (C=O) groups excluding carboxylic acids is 1. The largest absolute Gasteiger partial charge is 0.479 e. The Kier molecular flexibility index (Phi) is 5.93. The first-order chi connectivity index (χ1) is 13.7. The number of nitrogens with one attached hydrogen (secondary N) is 1. The molecule has 0 saturated carbocycles. The molecule has 152 valence electrons. The van der Waals surface area contributed by atoms with Gasteiger partial charge in [0, 0.05) is 45.5 Å². The fourth-order valence-corrected chi connectivity index (χ4v) is 5.01. The molecule has 8 nitrogen and oxygen atoms in total. The molecule has 1 N–H and O–H groups in total. The zero-order valence-corrected chi connectivity index (χ0v) is 17.1. The van der Waals surface area contributed by atoms with Crippen LogP contribution < -0.4 is 10.1 Å². The molecule has 0 aromatic carbocycles. The van der Waals surface area contributed by atoms with Gasteiger partial charge in [0.2, 0.25) is 5.88 Å². The van der Waals surface area contributed by atoms with Crippen molar-refractivity contribution in [3.63, 3.8) is 0 Å². The summed E-state index contributed by atoms with van der Waals surface area (Å²) in [6.07, 6.45) is 4.79. The van der Waals surface area contributed by atoms with Crippen molar-refractivity contribution < 1.29 is 19.0 Å². The van der Waals surface area contributed by atoms with Gasteiger partial charge in [0.1, 0.15) is 5.52 Å². The van der Waals surface area contributed by atoms with Crippen molar-refractivity contribution in [2.45, 2.75) is 25.2 Å². The van der Waals surface area contributed by atoms with Gasteiger partial charge in [-0.15, -0.1) is 0 Å². The van der Waals surface area contributed by atoms with Gasteiger partial charge in [-0.05, 0) is 30.7 Å². The monoisotopic (exact) mass is 406 g/mol. The van der Waals surface area contributed by atoms with Crippen LogP contribution in [0.15, 0.2) is 6.20 Å². The number of thiazole rings is 1. The van der Waals surface area contributed by atoms with Crippen molar-refractivity contribution >= 4 is 32.7 Å². The number of carbonyl (C=O) groups is 1. The minimum absolute atomic E-state index is 0.114. The van der Waals surface area contributed by atoms with Gasteiger partial charge in [-0.25, -0.2) is 14.8 Å². The Bertz CT molecular complexity index is 837. The lowest BCUT2D eigenvalue weighted by Crippen LogP contribution is -2.33. The summed E-state index contributed by atoms with van der Waals surface area (Å²) in [5, 5.41) is 3.54. The average Bonchev–Trinajstić information content (AvgIpc) is 3.35. The fraction of sp³-hybridized carbons (Fsp3) is 0.632. The highest BCUT2D eigenvalue weighted by atomic mass is 32.1. The van der Waals surface area contributed by atoms with Crippen LogP contribution in [0.2, 0.25) is 0 Å². The van der Waals surface area contributed by atoms with Gasteiger partial charge < -0.3 is 19.1 Å². The number of ether oxygens (including phenoxy) is 3. The van der Waals surface area contributed by atoms with Crippen molar-refractivity contribution in [1.82, 2.24) is 14.9 Å². The van der Waals surface area contributed by atoms with Gasteiger partial charge >= 0.3 is 6.03 Å². The number of aromatic nitrogens is 2. The highest BCUT2D eigenvalue weighted by Gasteiger charge is 2.28. The fourth-order valence-electron chi connectivity index (χ4n) is 3.97. The lowest BCUT2D eigenvalue weighted by Gasteiger charge is -2.22. The smallest absolute Gasteiger partial charge is 0.323 e. The molecule has 2 saturated heterocycles. The van der Waals surface area contributed by atoms with E-state index >= 15 is 0 Å². The summed E-state index contributed by atoms with van der Waals surface area (Å²) >= 11 is 1.49. The Morgan fingerprint density at radius 2 is 2.18 bits per heavy atom. The van der Waals surface area contributed by atoms with E-state index in [0.717, 1.165) is 43.7 Å². The van der Waals surface area contributed by atoms with Gasteiger partial charge in [0.05, 0.1) is 18.4 Å². The lowest BCUT2D eigenvalue weighted by atomic mass is 9.93. The SMILES string of the molecule is COCC1CCN(C(=O)Nc2nc3c(OC)ncc(C4CCOCC4)c3s2)C1. The van der Waals surface area contributed by atoms with E-state index < -0.39 is 0 Å². The van der Waals surface area contributed by atoms with Gasteiger partial charge in [-0.2, -0.15) is 0 Å². The van der Waals surface area contributed by atoms with E-state index in [1.54, 1.807) is 14.2 Å². The minimum Gasteiger partial charge on any atom is -0.479 e. The predicted molar refractivity (Wildman–Crippen MR) is 107 cm³/mol. The summed E-state index contributed by atoms with van der Waals surface area (Å²) in [6.45, 7) is 3.66. The first kappa shape index (κ1) is 19.4. The predicted octanol–water partition coefficient (Wildman–Crippen LogP) is 3.09. The molecule has 2 fully saturated rings. The molecule has 2 aromatic rings. The molecule has 0 aliphatic carbocycles. The summed E-state index contributed by atoms with van der Waals surface area (Å²) in [5.74, 6) is 1.28. The third-order valence-electron chi connectivity index (χ3n) is 5.46. The van der Waals surface area contributed by atoms with Gasteiger partial charge in [0.15, 0.2) is 5.13 Å². The van der Waals surface area contributed by atoms with Crippen molar-refractivity contribution in [2.24, 2.45) is 5.92 Å². The van der Waals surface area contributed by atoms with Crippen LogP contribution in [0.3, 0.4) is 0 Å². The number of urea groups is 1. The van der Waals surface area contributed by atoms with Crippen molar-refractivity contribution in [1.29, 1.82) is 0 Å². The minimum atomic E-state index is -0.114. The highest BCUT2D eigenvalue weighted by Crippen LogP contribution is 2.39. The van der Waals surface area contributed by atoms with E-state index in [1.807, 2.05) is 11.1 Å². The summed E-state index contributed by atoms with van der Waals surface area (Å²) < 4.78 is 17.1. The molecule has 0 spiro atoms. The number of pyridine rings is 1. The van der Waals surface area contributed by atoms with Crippen molar-refractivity contribution in [2.75, 3.05) is 52.4 Å². The number of anilines is 1. The van der Waals surface area contributed by atoms with Crippen LogP contribution in [-0.4, -0.2) is 68.0 Å². The highest BCUT2D eigenvalue weighted by molar-refractivity contribution is 7.22. The van der Waals surface area contributed by atoms with Crippen LogP contribution in [0, 0.1) is 5.92 Å². The van der Waals surface area contributed by atoms with Crippen LogP contribution >= 0.6 is 11.3 Å². The molecule has 9 heteroatoms. The molecule has 2 aliphatic heterocycles. The zero-order chi connectivity index (χ0) is 19.5. The van der Waals surface area contributed by atoms with E-state index in [-0.39, 0.29) is 6.03 Å². The second-order valence-electron chi connectivity index (χ2n) is 7.29. The quantitative estimate of drug-likeness (QED) is 0.821. The summed E-state index contributed by atoms with van der Waals surface area (Å²) in [4.78, 5) is 23.6. The van der Waals surface area contributed by atoms with Gasteiger partial charge in [-0.1, -0.05) is 11.3 Å². The first-order valence-corrected chi connectivity index (χ1v) is 10.5. The second kappa shape index (κ2) is 8.59. The van der Waals surface area contributed by atoms with Crippen LogP contribution in [-0.2, 0) is 9.47 Å². The molecule has 2 aromatic heterocycles. The zero-order valence-electron chi connectivity index (χ0n) is 16.3. The van der Waals surface area contributed by atoms with Gasteiger partial charge in [-0.3, -0.25) is 5.32 Å². The molecule has 4 rings (SSSR count). The maximum Gasteiger partial charge on any atom is 0.323 e. The van der Waals surface area contributed by atoms with E-state index in [9.17, 15) is 4.79 Å². The Morgan fingerprint density at radius 3 is 2.93 bits per heavy atom. The molecule has 0 bridgehead atoms. The number of likely N-dealkylation sites (tertiary alicyclic amines) is 1. The van der Waals surface area contributed by atoms with E-state index in [1.165, 1.54) is 16.9 Å². The van der Waals surface area contributed by atoms with Gasteiger partial charge in [0.25, 0.3) is 0 Å². The standard InChI is InChI=1S/C19H26N4O4S/c1-25-11-12-3-6-23(10-12)19(24)22-18-21-15-16(28-18)14(9-20-17(15)26-2)13-4-7-27-8-5-13/h9,12-13H,3-8,10-11H2,1-2H3,(H,21,22,24). The van der Waals surface area contributed by atoms with Crippen LogP contribution in [0.4, 0.5) is 9.93 Å². The van der Waals surface area contributed by atoms with Crippen LogP contribution in [0.1, 0.15) is 30.7 Å². The number of hydrogen-bond donors (Lipinski definition) is 1. The molecule has 1 unspecified atom stereocenters. The van der Waals surface area contributed by atoms with E-state index in [2.05, 4.69) is 15.3 Å². The van der Waals surface area contributed by atoms with E-state index in [4.69, 9.17) is 14.2 Å². The molecular weight excluding hydrogens is 380 g/mol. The molecular formula is C19H26N4O4S. The Balaban J connectivity index is 1.55. The molecule has 2 aliphatic rings. The number of amides is 2. The second-order valence-corrected chi connectivity index (χ2v) is 8.29. The third-order valence-corrected chi connectivity index (χ3v) is 6.48.